The van der Waals surface area contributed by atoms with Gasteiger partial charge in [-0.15, -0.1) is 0 Å². The van der Waals surface area contributed by atoms with Crippen LogP contribution < -0.4 is 15.4 Å². The van der Waals surface area contributed by atoms with Gasteiger partial charge in [0.15, 0.2) is 0 Å². The smallest absolute Gasteiger partial charge is 0.314 e. The summed E-state index contributed by atoms with van der Waals surface area (Å²) >= 11 is 6.02. The number of ether oxygens (including phenoxy) is 1. The van der Waals surface area contributed by atoms with Crippen LogP contribution in [0.2, 0.25) is 5.02 Å². The SMILES string of the molecule is CCc1ccc(NC(=O)C(=O)Nc2cc(C)c(Cl)cc2OC)cc1. The highest BCUT2D eigenvalue weighted by Gasteiger charge is 2.17. The van der Waals surface area contributed by atoms with Crippen LogP contribution in [0.4, 0.5) is 11.4 Å². The van der Waals surface area contributed by atoms with Gasteiger partial charge in [-0.05, 0) is 42.7 Å². The molecule has 2 aromatic rings. The summed E-state index contributed by atoms with van der Waals surface area (Å²) in [6.07, 6.45) is 0.907. The first-order valence-electron chi connectivity index (χ1n) is 7.50. The molecule has 0 aromatic heterocycles. The molecule has 0 atom stereocenters. The molecule has 0 fully saturated rings. The minimum absolute atomic E-state index is 0.388. The molecular weight excluding hydrogens is 328 g/mol. The molecule has 24 heavy (non-hydrogen) atoms. The fourth-order valence-electron chi connectivity index (χ4n) is 2.12. The molecule has 0 radical (unpaired) electrons. The van der Waals surface area contributed by atoms with Crippen LogP contribution in [0.3, 0.4) is 0 Å². The van der Waals surface area contributed by atoms with Crippen LogP contribution in [-0.4, -0.2) is 18.9 Å². The van der Waals surface area contributed by atoms with Crippen molar-refractivity contribution in [2.75, 3.05) is 17.7 Å². The molecule has 6 heteroatoms. The monoisotopic (exact) mass is 346 g/mol. The van der Waals surface area contributed by atoms with Crippen LogP contribution in [0.15, 0.2) is 36.4 Å². The van der Waals surface area contributed by atoms with Crippen molar-refractivity contribution >= 4 is 34.8 Å². The highest BCUT2D eigenvalue weighted by Crippen LogP contribution is 2.30. The van der Waals surface area contributed by atoms with Crippen molar-refractivity contribution in [1.82, 2.24) is 0 Å². The summed E-state index contributed by atoms with van der Waals surface area (Å²) < 4.78 is 5.17. The number of halogens is 1. The summed E-state index contributed by atoms with van der Waals surface area (Å²) in [7, 11) is 1.46. The second-order valence-electron chi connectivity index (χ2n) is 5.26. The van der Waals surface area contributed by atoms with Gasteiger partial charge in [0.2, 0.25) is 0 Å². The zero-order chi connectivity index (χ0) is 17.7. The van der Waals surface area contributed by atoms with E-state index in [1.807, 2.05) is 19.1 Å². The Labute approximate surface area is 146 Å². The third-order valence-electron chi connectivity index (χ3n) is 3.56. The minimum atomic E-state index is -0.783. The third-order valence-corrected chi connectivity index (χ3v) is 3.96. The summed E-state index contributed by atoms with van der Waals surface area (Å²) in [5.74, 6) is -1.15. The fourth-order valence-corrected chi connectivity index (χ4v) is 2.27. The van der Waals surface area contributed by atoms with E-state index in [1.54, 1.807) is 31.2 Å². The maximum absolute atomic E-state index is 12.1. The van der Waals surface area contributed by atoms with Crippen molar-refractivity contribution in [3.8, 4) is 5.75 Å². The largest absolute Gasteiger partial charge is 0.495 e. The number of carbonyl (C=O) groups is 2. The molecule has 2 rings (SSSR count). The molecule has 2 N–H and O–H groups in total. The first-order valence-corrected chi connectivity index (χ1v) is 7.87. The molecule has 0 aliphatic heterocycles. The lowest BCUT2D eigenvalue weighted by atomic mass is 10.1. The van der Waals surface area contributed by atoms with E-state index in [0.29, 0.717) is 22.1 Å². The van der Waals surface area contributed by atoms with Crippen molar-refractivity contribution < 1.29 is 14.3 Å². The molecule has 0 spiro atoms. The lowest BCUT2D eigenvalue weighted by molar-refractivity contribution is -0.133. The molecule has 0 unspecified atom stereocenters. The average Bonchev–Trinajstić information content (AvgIpc) is 2.58. The lowest BCUT2D eigenvalue weighted by Gasteiger charge is -2.12. The number of rotatable bonds is 4. The standard InChI is InChI=1S/C18H19ClN2O3/c1-4-12-5-7-13(8-6-12)20-17(22)18(23)21-15-9-11(2)14(19)10-16(15)24-3/h5-10H,4H2,1-3H3,(H,20,22)(H,21,23). The highest BCUT2D eigenvalue weighted by atomic mass is 35.5. The molecule has 5 nitrogen and oxygen atoms in total. The Hall–Kier alpha value is -2.53. The number of aryl methyl sites for hydroxylation is 2. The van der Waals surface area contributed by atoms with Gasteiger partial charge in [0, 0.05) is 16.8 Å². The van der Waals surface area contributed by atoms with Crippen molar-refractivity contribution in [2.24, 2.45) is 0 Å². The first kappa shape index (κ1) is 17.8. The van der Waals surface area contributed by atoms with Gasteiger partial charge in [-0.2, -0.15) is 0 Å². The van der Waals surface area contributed by atoms with Gasteiger partial charge >= 0.3 is 11.8 Å². The van der Waals surface area contributed by atoms with Gasteiger partial charge in [-0.1, -0.05) is 30.7 Å². The maximum Gasteiger partial charge on any atom is 0.314 e. The van der Waals surface area contributed by atoms with Crippen LogP contribution in [0, 0.1) is 6.92 Å². The number of carbonyl (C=O) groups excluding carboxylic acids is 2. The van der Waals surface area contributed by atoms with Crippen molar-refractivity contribution in [3.63, 3.8) is 0 Å². The van der Waals surface area contributed by atoms with E-state index in [4.69, 9.17) is 16.3 Å². The van der Waals surface area contributed by atoms with Gasteiger partial charge in [0.05, 0.1) is 12.8 Å². The van der Waals surface area contributed by atoms with E-state index in [9.17, 15) is 9.59 Å². The third kappa shape index (κ3) is 4.26. The van der Waals surface area contributed by atoms with E-state index in [2.05, 4.69) is 10.6 Å². The number of hydrogen-bond donors (Lipinski definition) is 2. The number of nitrogens with one attached hydrogen (secondary N) is 2. The fraction of sp³-hybridized carbons (Fsp3) is 0.222. The second kappa shape index (κ2) is 7.84. The summed E-state index contributed by atoms with van der Waals surface area (Å²) in [5.41, 5.74) is 2.87. The molecule has 0 aliphatic carbocycles. The Bertz CT molecular complexity index is 758. The zero-order valence-electron chi connectivity index (χ0n) is 13.8. The summed E-state index contributed by atoms with van der Waals surface area (Å²) in [6.45, 7) is 3.84. The quantitative estimate of drug-likeness (QED) is 0.827. The molecule has 0 aliphatic rings. The Morgan fingerprint density at radius 2 is 1.71 bits per heavy atom. The predicted molar refractivity (Wildman–Crippen MR) is 95.8 cm³/mol. The van der Waals surface area contributed by atoms with Crippen LogP contribution >= 0.6 is 11.6 Å². The molecule has 0 heterocycles. The van der Waals surface area contributed by atoms with Crippen LogP contribution in [0.5, 0.6) is 5.75 Å². The number of benzene rings is 2. The lowest BCUT2D eigenvalue weighted by Crippen LogP contribution is -2.29. The Balaban J connectivity index is 2.08. The van der Waals surface area contributed by atoms with E-state index in [-0.39, 0.29) is 0 Å². The minimum Gasteiger partial charge on any atom is -0.495 e. The van der Waals surface area contributed by atoms with Gasteiger partial charge in [0.1, 0.15) is 5.75 Å². The normalized spacial score (nSPS) is 10.2. The Morgan fingerprint density at radius 3 is 2.29 bits per heavy atom. The molecule has 0 saturated carbocycles. The van der Waals surface area contributed by atoms with Crippen molar-refractivity contribution in [3.05, 3.63) is 52.5 Å². The van der Waals surface area contributed by atoms with Gasteiger partial charge in [-0.3, -0.25) is 9.59 Å². The number of hydrogen-bond acceptors (Lipinski definition) is 3. The Kier molecular flexibility index (Phi) is 5.82. The molecule has 2 aromatic carbocycles. The number of anilines is 2. The maximum atomic E-state index is 12.1. The van der Waals surface area contributed by atoms with E-state index in [0.717, 1.165) is 17.5 Å². The van der Waals surface area contributed by atoms with Crippen molar-refractivity contribution in [1.29, 1.82) is 0 Å². The highest BCUT2D eigenvalue weighted by molar-refractivity contribution is 6.43. The van der Waals surface area contributed by atoms with Crippen LogP contribution in [-0.2, 0) is 16.0 Å². The van der Waals surface area contributed by atoms with E-state index >= 15 is 0 Å². The van der Waals surface area contributed by atoms with Gasteiger partial charge < -0.3 is 15.4 Å². The topological polar surface area (TPSA) is 67.4 Å². The first-order chi connectivity index (χ1) is 11.4. The summed E-state index contributed by atoms with van der Waals surface area (Å²) in [5, 5.41) is 5.62. The van der Waals surface area contributed by atoms with Gasteiger partial charge in [-0.25, -0.2) is 0 Å². The van der Waals surface area contributed by atoms with Crippen molar-refractivity contribution in [2.45, 2.75) is 20.3 Å². The van der Waals surface area contributed by atoms with Gasteiger partial charge in [0.25, 0.3) is 0 Å². The molecule has 0 saturated heterocycles. The average molecular weight is 347 g/mol. The van der Waals surface area contributed by atoms with Crippen LogP contribution in [0.1, 0.15) is 18.1 Å². The molecule has 0 bridgehead atoms. The molecule has 2 amide bonds. The second-order valence-corrected chi connectivity index (χ2v) is 5.67. The number of methoxy groups -OCH3 is 1. The predicted octanol–water partition coefficient (Wildman–Crippen LogP) is 3.80. The molecule has 126 valence electrons. The summed E-state index contributed by atoms with van der Waals surface area (Å²) in [4.78, 5) is 24.1. The zero-order valence-corrected chi connectivity index (χ0v) is 14.5. The summed E-state index contributed by atoms with van der Waals surface area (Å²) in [6, 6.07) is 10.6. The Morgan fingerprint density at radius 1 is 1.08 bits per heavy atom. The van der Waals surface area contributed by atoms with E-state index in [1.165, 1.54) is 7.11 Å². The number of amides is 2. The molecular formula is C18H19ClN2O3. The van der Waals surface area contributed by atoms with E-state index < -0.39 is 11.8 Å². The van der Waals surface area contributed by atoms with Crippen LogP contribution in [0.25, 0.3) is 0 Å².